The number of carbonyl (C=O) groups is 2. The summed E-state index contributed by atoms with van der Waals surface area (Å²) < 4.78 is 3.82. The summed E-state index contributed by atoms with van der Waals surface area (Å²) in [7, 11) is 7.34. The summed E-state index contributed by atoms with van der Waals surface area (Å²) in [5, 5.41) is 50.1. The van der Waals surface area contributed by atoms with E-state index >= 15 is 0 Å². The van der Waals surface area contributed by atoms with Crippen molar-refractivity contribution in [2.75, 3.05) is 51.4 Å². The first kappa shape index (κ1) is 48.0. The number of phenols is 2. The van der Waals surface area contributed by atoms with Crippen LogP contribution in [0.1, 0.15) is 33.6 Å². The molecule has 0 aliphatic carbocycles. The van der Waals surface area contributed by atoms with Crippen molar-refractivity contribution in [1.82, 2.24) is 24.2 Å². The smallest absolute Gasteiger partial charge is 0.421 e. The van der Waals surface area contributed by atoms with E-state index in [4.69, 9.17) is 0 Å². The molecule has 9 rings (SSSR count). The Bertz CT molecular complexity index is 3300. The van der Waals surface area contributed by atoms with Gasteiger partial charge in [0.25, 0.3) is 11.8 Å². The molecule has 0 saturated heterocycles. The minimum absolute atomic E-state index is 0.0307. The van der Waals surface area contributed by atoms with E-state index < -0.39 is 6.29 Å². The number of benzene rings is 7. The number of fused-ring (bicyclic) bond motifs is 2. The molecule has 0 spiro atoms. The van der Waals surface area contributed by atoms with Gasteiger partial charge in [-0.15, -0.1) is 10.2 Å². The minimum atomic E-state index is -0.426. The van der Waals surface area contributed by atoms with Crippen LogP contribution in [0.5, 0.6) is 11.5 Å². The van der Waals surface area contributed by atoms with Gasteiger partial charge in [-0.2, -0.15) is 0 Å². The summed E-state index contributed by atoms with van der Waals surface area (Å²) in [6.07, 6.45) is 8.58. The molecule has 1 atom stereocenters. The van der Waals surface area contributed by atoms with Crippen molar-refractivity contribution in [2.45, 2.75) is 25.7 Å². The number of rotatable bonds is 18. The lowest BCUT2D eigenvalue weighted by Crippen LogP contribution is -2.36. The molecule has 16 heteroatoms. The van der Waals surface area contributed by atoms with Crippen molar-refractivity contribution < 1.29 is 24.4 Å². The average molecular weight is 962 g/mol. The first-order valence-corrected chi connectivity index (χ1v) is 23.8. The van der Waals surface area contributed by atoms with E-state index in [1.165, 1.54) is 0 Å². The maximum atomic E-state index is 13.5. The molecule has 2 heterocycles. The molecule has 16 nitrogen and oxygen atoms in total. The lowest BCUT2D eigenvalue weighted by molar-refractivity contribution is -0.657. The molecule has 1 aromatic heterocycles. The van der Waals surface area contributed by atoms with Crippen molar-refractivity contribution in [2.24, 2.45) is 27.5 Å². The van der Waals surface area contributed by atoms with E-state index in [0.29, 0.717) is 67.5 Å². The highest BCUT2D eigenvalue weighted by Gasteiger charge is 2.24. The van der Waals surface area contributed by atoms with Crippen LogP contribution in [0, 0.1) is 0 Å². The van der Waals surface area contributed by atoms with Crippen LogP contribution in [0.25, 0.3) is 21.5 Å². The number of nitrogens with zero attached hydrogens (tertiary/aromatic N) is 10. The van der Waals surface area contributed by atoms with Gasteiger partial charge in [-0.05, 0) is 121 Å². The summed E-state index contributed by atoms with van der Waals surface area (Å²) in [6, 6.07) is 45.4. The number of aryl methyl sites for hydroxylation is 2. The van der Waals surface area contributed by atoms with Crippen molar-refractivity contribution in [3.05, 3.63) is 182 Å². The Labute approximate surface area is 418 Å². The molecular weight excluding hydrogens is 905 g/mol. The Hall–Kier alpha value is -9.05. The number of phenolic OH excluding ortho intramolecular Hbond substituents is 2. The number of imidazole rings is 1. The molecule has 2 amide bonds. The third kappa shape index (κ3) is 11.0. The molecular formula is C56H57N12O4+. The Morgan fingerprint density at radius 2 is 1.12 bits per heavy atom. The second kappa shape index (κ2) is 21.7. The van der Waals surface area contributed by atoms with Crippen LogP contribution in [-0.2, 0) is 13.6 Å². The van der Waals surface area contributed by atoms with E-state index in [1.54, 1.807) is 60.3 Å². The van der Waals surface area contributed by atoms with Crippen molar-refractivity contribution >= 4 is 73.4 Å². The highest BCUT2D eigenvalue weighted by atomic mass is 16.3. The second-order valence-corrected chi connectivity index (χ2v) is 17.8. The van der Waals surface area contributed by atoms with Crippen LogP contribution in [0.15, 0.2) is 191 Å². The van der Waals surface area contributed by atoms with Gasteiger partial charge >= 0.3 is 5.95 Å². The number of para-hydroxylation sites is 2. The fraction of sp³-hybridized carbons (Fsp3) is 0.196. The van der Waals surface area contributed by atoms with Gasteiger partial charge in [0.2, 0.25) is 6.29 Å². The van der Waals surface area contributed by atoms with Gasteiger partial charge in [0.1, 0.15) is 17.2 Å². The number of carbonyl (C=O) groups excluding carboxylic acids is 2. The Balaban J connectivity index is 0.748. The molecule has 72 heavy (non-hydrogen) atoms. The number of amides is 2. The molecule has 1 aliphatic rings. The highest BCUT2D eigenvalue weighted by Crippen LogP contribution is 2.39. The molecule has 7 aromatic carbocycles. The third-order valence-corrected chi connectivity index (χ3v) is 12.6. The molecule has 0 saturated carbocycles. The summed E-state index contributed by atoms with van der Waals surface area (Å²) in [5.41, 5.74) is 5.55. The quantitative estimate of drug-likeness (QED) is 0.0486. The van der Waals surface area contributed by atoms with Gasteiger partial charge < -0.3 is 40.4 Å². The van der Waals surface area contributed by atoms with E-state index in [0.717, 1.165) is 44.3 Å². The van der Waals surface area contributed by atoms with Crippen LogP contribution in [-0.4, -0.2) is 93.3 Å². The number of hydrogen-bond donors (Lipinski definition) is 4. The van der Waals surface area contributed by atoms with Crippen LogP contribution in [0.3, 0.4) is 0 Å². The van der Waals surface area contributed by atoms with Gasteiger partial charge in [0.05, 0.1) is 26.0 Å². The summed E-state index contributed by atoms with van der Waals surface area (Å²) in [5.74, 6) is 0.371. The fourth-order valence-electron chi connectivity index (χ4n) is 8.65. The maximum Gasteiger partial charge on any atom is 0.421 e. The lowest BCUT2D eigenvalue weighted by Gasteiger charge is -2.27. The third-order valence-electron chi connectivity index (χ3n) is 12.6. The van der Waals surface area contributed by atoms with E-state index in [9.17, 15) is 19.8 Å². The Morgan fingerprint density at radius 1 is 0.611 bits per heavy atom. The van der Waals surface area contributed by atoms with Gasteiger partial charge in [-0.3, -0.25) is 9.59 Å². The number of aromatic nitrogens is 2. The fourth-order valence-corrected chi connectivity index (χ4v) is 8.65. The predicted molar refractivity (Wildman–Crippen MR) is 282 cm³/mol. The van der Waals surface area contributed by atoms with Crippen LogP contribution in [0.2, 0.25) is 0 Å². The monoisotopic (exact) mass is 961 g/mol. The molecule has 4 N–H and O–H groups in total. The SMILES string of the molecule is CN(CCCN1C=CN(C)C1N=Nc1c(O)ccc2cc(Nc3ccccc3)ccc12)C(=O)c1ccc(C(=O)N(C)CCCn2cc[n+](C)c2N=Nc2c(O)ccc3cc(Nc4ccccc4)ccc23)cc1. The van der Waals surface area contributed by atoms with Crippen molar-refractivity contribution in [3.63, 3.8) is 0 Å². The predicted octanol–water partition coefficient (Wildman–Crippen LogP) is 11.3. The van der Waals surface area contributed by atoms with Gasteiger partial charge in [0, 0.05) is 103 Å². The molecule has 0 radical (unpaired) electrons. The van der Waals surface area contributed by atoms with Crippen molar-refractivity contribution in [3.8, 4) is 11.5 Å². The number of aromatic hydroxyl groups is 2. The first-order valence-electron chi connectivity index (χ1n) is 23.8. The second-order valence-electron chi connectivity index (χ2n) is 17.8. The largest absolute Gasteiger partial charge is 0.506 e. The number of azo groups is 2. The summed E-state index contributed by atoms with van der Waals surface area (Å²) in [4.78, 5) is 34.3. The van der Waals surface area contributed by atoms with Crippen LogP contribution in [0.4, 0.5) is 40.1 Å². The minimum Gasteiger partial charge on any atom is -0.506 e. The van der Waals surface area contributed by atoms with E-state index in [-0.39, 0.29) is 23.3 Å². The normalized spacial score (nSPS) is 13.5. The average Bonchev–Trinajstić information content (AvgIpc) is 3.94. The zero-order chi connectivity index (χ0) is 50.1. The topological polar surface area (TPSA) is 170 Å². The van der Waals surface area contributed by atoms with Gasteiger partial charge in [-0.25, -0.2) is 9.13 Å². The van der Waals surface area contributed by atoms with E-state index in [2.05, 4.69) is 31.1 Å². The van der Waals surface area contributed by atoms with Crippen LogP contribution >= 0.6 is 0 Å². The molecule has 0 bridgehead atoms. The first-order chi connectivity index (χ1) is 35.0. The molecule has 0 fully saturated rings. The number of hydrogen-bond acceptors (Lipinski definition) is 12. The van der Waals surface area contributed by atoms with Gasteiger partial charge in [-0.1, -0.05) is 53.6 Å². The molecule has 1 unspecified atom stereocenters. The summed E-state index contributed by atoms with van der Waals surface area (Å²) in [6.45, 7) is 2.15. The Kier molecular flexibility index (Phi) is 14.5. The van der Waals surface area contributed by atoms with Gasteiger partial charge in [0.15, 0.2) is 5.69 Å². The Morgan fingerprint density at radius 3 is 1.67 bits per heavy atom. The maximum absolute atomic E-state index is 13.5. The lowest BCUT2D eigenvalue weighted by atomic mass is 10.1. The number of anilines is 4. The standard InChI is InChI=1S/C56H56N12O4/c1-63(29-11-31-67-35-33-65(3)55(67)61-59-51-47-25-23-45(37-41(47)21-27-49(51)69)57-43-13-7-5-8-14-43)53(71)39-17-19-40(20-18-39)54(72)64(2)30-12-32-68-36-34-66(4)56(68)62-60-52-48-26-24-46(38-42(48)22-28-50(52)70)58-44-15-9-6-10-16-44/h5-10,13-28,33-38,55H,11-12,29-32H2,1-4H3,(H3,57,58,59,60,61,69,70,71,72)/p+1. The zero-order valence-corrected chi connectivity index (χ0v) is 40.7. The van der Waals surface area contributed by atoms with Crippen molar-refractivity contribution in [1.29, 1.82) is 0 Å². The molecule has 8 aromatic rings. The highest BCUT2D eigenvalue weighted by molar-refractivity contribution is 5.99. The zero-order valence-electron chi connectivity index (χ0n) is 40.7. The van der Waals surface area contributed by atoms with Crippen LogP contribution < -0.4 is 15.2 Å². The summed E-state index contributed by atoms with van der Waals surface area (Å²) >= 11 is 0. The number of nitrogens with one attached hydrogen (secondary N) is 2. The molecule has 364 valence electrons. The molecule has 1 aliphatic heterocycles. The van der Waals surface area contributed by atoms with E-state index in [1.807, 2.05) is 167 Å².